The second-order valence-electron chi connectivity index (χ2n) is 4.90. The molecule has 0 saturated carbocycles. The molecule has 0 aliphatic carbocycles. The van der Waals surface area contributed by atoms with E-state index in [2.05, 4.69) is 4.90 Å². The summed E-state index contributed by atoms with van der Waals surface area (Å²) >= 11 is 0. The molecule has 3 heteroatoms. The van der Waals surface area contributed by atoms with Gasteiger partial charge in [-0.25, -0.2) is 0 Å². The quantitative estimate of drug-likeness (QED) is 0.645. The van der Waals surface area contributed by atoms with Crippen LogP contribution in [0.25, 0.3) is 0 Å². The Bertz CT molecular complexity index is 162. The fourth-order valence-corrected chi connectivity index (χ4v) is 2.53. The smallest absolute Gasteiger partial charge is 0.0502 e. The van der Waals surface area contributed by atoms with E-state index in [-0.39, 0.29) is 0 Å². The van der Waals surface area contributed by atoms with Crippen molar-refractivity contribution in [3.8, 4) is 0 Å². The van der Waals surface area contributed by atoms with Crippen molar-refractivity contribution in [2.75, 3.05) is 40.0 Å². The normalized spacial score (nSPS) is 22.5. The fourth-order valence-electron chi connectivity index (χ4n) is 2.53. The van der Waals surface area contributed by atoms with Gasteiger partial charge in [-0.3, -0.25) is 0 Å². The van der Waals surface area contributed by atoms with Gasteiger partial charge in [0.1, 0.15) is 0 Å². The van der Waals surface area contributed by atoms with Crippen LogP contribution < -0.4 is 0 Å². The average Bonchev–Trinajstić information content (AvgIpc) is 2.30. The minimum Gasteiger partial charge on any atom is -0.396 e. The lowest BCUT2D eigenvalue weighted by atomic mass is 9.98. The van der Waals surface area contributed by atoms with E-state index in [1.807, 2.05) is 0 Å². The van der Waals surface area contributed by atoms with Gasteiger partial charge in [0.05, 0.1) is 6.61 Å². The van der Waals surface area contributed by atoms with Crippen LogP contribution in [0.2, 0.25) is 0 Å². The Morgan fingerprint density at radius 1 is 1.25 bits per heavy atom. The molecule has 0 bridgehead atoms. The summed E-state index contributed by atoms with van der Waals surface area (Å²) in [4.78, 5) is 2.58. The molecule has 1 aliphatic heterocycles. The lowest BCUT2D eigenvalue weighted by Crippen LogP contribution is -2.37. The second-order valence-corrected chi connectivity index (χ2v) is 4.90. The zero-order valence-electron chi connectivity index (χ0n) is 10.7. The Balaban J connectivity index is 2.02. The van der Waals surface area contributed by atoms with Crippen molar-refractivity contribution in [3.05, 3.63) is 0 Å². The van der Waals surface area contributed by atoms with Gasteiger partial charge in [0.15, 0.2) is 0 Å². The van der Waals surface area contributed by atoms with Crippen LogP contribution in [0.15, 0.2) is 0 Å². The van der Waals surface area contributed by atoms with Gasteiger partial charge in [0.25, 0.3) is 0 Å². The second kappa shape index (κ2) is 8.97. The van der Waals surface area contributed by atoms with Crippen LogP contribution in [0, 0.1) is 5.92 Å². The molecule has 0 radical (unpaired) electrons. The van der Waals surface area contributed by atoms with E-state index >= 15 is 0 Å². The molecule has 3 nitrogen and oxygen atoms in total. The highest BCUT2D eigenvalue weighted by Crippen LogP contribution is 2.17. The van der Waals surface area contributed by atoms with Crippen molar-refractivity contribution < 1.29 is 9.84 Å². The van der Waals surface area contributed by atoms with Crippen molar-refractivity contribution in [3.63, 3.8) is 0 Å². The van der Waals surface area contributed by atoms with Gasteiger partial charge < -0.3 is 14.7 Å². The summed E-state index contributed by atoms with van der Waals surface area (Å²) in [6, 6.07) is 0. The summed E-state index contributed by atoms with van der Waals surface area (Å²) in [5, 5.41) is 8.68. The van der Waals surface area contributed by atoms with E-state index in [4.69, 9.17) is 9.84 Å². The van der Waals surface area contributed by atoms with Gasteiger partial charge in [-0.2, -0.15) is 0 Å². The third-order valence-electron chi connectivity index (χ3n) is 3.39. The zero-order valence-corrected chi connectivity index (χ0v) is 10.7. The number of hydrogen-bond donors (Lipinski definition) is 1. The summed E-state index contributed by atoms with van der Waals surface area (Å²) in [6.07, 6.45) is 7.32. The van der Waals surface area contributed by atoms with Gasteiger partial charge in [0, 0.05) is 20.3 Å². The number of rotatable bonds is 8. The largest absolute Gasteiger partial charge is 0.396 e. The van der Waals surface area contributed by atoms with Crippen LogP contribution in [0.4, 0.5) is 0 Å². The average molecular weight is 229 g/mol. The Morgan fingerprint density at radius 2 is 2.06 bits per heavy atom. The Kier molecular flexibility index (Phi) is 7.81. The summed E-state index contributed by atoms with van der Waals surface area (Å²) in [7, 11) is 1.80. The maximum absolute atomic E-state index is 8.68. The molecule has 1 unspecified atom stereocenters. The number of aliphatic hydroxyl groups is 1. The predicted molar refractivity (Wildman–Crippen MR) is 66.6 cm³/mol. The highest BCUT2D eigenvalue weighted by Gasteiger charge is 2.18. The molecule has 1 rings (SSSR count). The van der Waals surface area contributed by atoms with Crippen molar-refractivity contribution in [1.29, 1.82) is 0 Å². The molecule has 1 atom stereocenters. The third kappa shape index (κ3) is 5.83. The van der Waals surface area contributed by atoms with Crippen LogP contribution in [0.5, 0.6) is 0 Å². The molecule has 0 aromatic rings. The van der Waals surface area contributed by atoms with Crippen LogP contribution in [0.3, 0.4) is 0 Å². The number of unbranched alkanes of at least 4 members (excludes halogenated alkanes) is 3. The summed E-state index contributed by atoms with van der Waals surface area (Å²) in [6.45, 7) is 4.97. The van der Waals surface area contributed by atoms with E-state index < -0.39 is 0 Å². The molecule has 0 aromatic carbocycles. The summed E-state index contributed by atoms with van der Waals surface area (Å²) in [5.74, 6) is 0.746. The Labute approximate surface area is 99.8 Å². The summed E-state index contributed by atoms with van der Waals surface area (Å²) < 4.78 is 5.23. The molecule has 0 spiro atoms. The van der Waals surface area contributed by atoms with Gasteiger partial charge in [-0.15, -0.1) is 0 Å². The molecule has 1 heterocycles. The topological polar surface area (TPSA) is 32.7 Å². The van der Waals surface area contributed by atoms with Crippen LogP contribution in [-0.2, 0) is 4.74 Å². The molecular formula is C13H27NO2. The standard InChI is InChI=1S/C13H27NO2/c1-16-12-13-7-6-9-14(11-13)8-4-2-3-5-10-15/h13,15H,2-12H2,1H3. The van der Waals surface area contributed by atoms with Crippen LogP contribution in [0.1, 0.15) is 38.5 Å². The van der Waals surface area contributed by atoms with E-state index in [0.717, 1.165) is 18.9 Å². The summed E-state index contributed by atoms with van der Waals surface area (Å²) in [5.41, 5.74) is 0. The van der Waals surface area contributed by atoms with Crippen molar-refractivity contribution in [2.45, 2.75) is 38.5 Å². The van der Waals surface area contributed by atoms with E-state index in [1.54, 1.807) is 7.11 Å². The van der Waals surface area contributed by atoms with Crippen molar-refractivity contribution >= 4 is 0 Å². The lowest BCUT2D eigenvalue weighted by molar-refractivity contribution is 0.0897. The van der Waals surface area contributed by atoms with E-state index in [1.165, 1.54) is 51.7 Å². The number of likely N-dealkylation sites (tertiary alicyclic amines) is 1. The van der Waals surface area contributed by atoms with Gasteiger partial charge in [-0.1, -0.05) is 12.8 Å². The van der Waals surface area contributed by atoms with Crippen LogP contribution >= 0.6 is 0 Å². The third-order valence-corrected chi connectivity index (χ3v) is 3.39. The minimum absolute atomic E-state index is 0.347. The predicted octanol–water partition coefficient (Wildman–Crippen LogP) is 1.90. The SMILES string of the molecule is COCC1CCCN(CCCCCCO)C1. The number of ether oxygens (including phenoxy) is 1. The molecule has 1 fully saturated rings. The molecule has 16 heavy (non-hydrogen) atoms. The first kappa shape index (κ1) is 13.9. The maximum Gasteiger partial charge on any atom is 0.0502 e. The number of aliphatic hydroxyl groups excluding tert-OH is 1. The van der Waals surface area contributed by atoms with Crippen molar-refractivity contribution in [1.82, 2.24) is 4.90 Å². The zero-order chi connectivity index (χ0) is 11.6. The fraction of sp³-hybridized carbons (Fsp3) is 1.00. The number of methoxy groups -OCH3 is 1. The Morgan fingerprint density at radius 3 is 2.81 bits per heavy atom. The number of hydrogen-bond acceptors (Lipinski definition) is 3. The monoisotopic (exact) mass is 229 g/mol. The molecule has 1 aliphatic rings. The lowest BCUT2D eigenvalue weighted by Gasteiger charge is -2.32. The minimum atomic E-state index is 0.347. The molecule has 1 saturated heterocycles. The molecule has 0 amide bonds. The highest BCUT2D eigenvalue weighted by atomic mass is 16.5. The molecule has 96 valence electrons. The van der Waals surface area contributed by atoms with E-state index in [9.17, 15) is 0 Å². The molecular weight excluding hydrogens is 202 g/mol. The molecule has 0 aromatic heterocycles. The number of piperidine rings is 1. The first-order chi connectivity index (χ1) is 7.86. The van der Waals surface area contributed by atoms with Gasteiger partial charge in [0.2, 0.25) is 0 Å². The van der Waals surface area contributed by atoms with Crippen LogP contribution in [-0.4, -0.2) is 50.0 Å². The first-order valence-corrected chi connectivity index (χ1v) is 6.69. The Hall–Kier alpha value is -0.120. The van der Waals surface area contributed by atoms with E-state index in [0.29, 0.717) is 6.61 Å². The first-order valence-electron chi connectivity index (χ1n) is 6.69. The van der Waals surface area contributed by atoms with Crippen molar-refractivity contribution in [2.24, 2.45) is 5.92 Å². The number of nitrogens with zero attached hydrogens (tertiary/aromatic N) is 1. The maximum atomic E-state index is 8.68. The highest BCUT2D eigenvalue weighted by molar-refractivity contribution is 4.72. The van der Waals surface area contributed by atoms with Gasteiger partial charge in [-0.05, 0) is 44.7 Å². The molecule has 1 N–H and O–H groups in total. The van der Waals surface area contributed by atoms with Gasteiger partial charge >= 0.3 is 0 Å².